The Labute approximate surface area is 324 Å². The molecule has 0 saturated heterocycles. The highest BCUT2D eigenvalue weighted by atomic mass is 16.4. The first kappa shape index (κ1) is 42.5. The number of carbonyl (C=O) groups is 7. The van der Waals surface area contributed by atoms with Crippen LogP contribution in [0.1, 0.15) is 55.2 Å². The Bertz CT molecular complexity index is 1820. The molecular formula is C41H49N5O10. The number of benzene rings is 3. The number of likely N-dealkylation sites (N-methyl/N-ethyl adjacent to an activating group) is 1. The van der Waals surface area contributed by atoms with E-state index in [1.54, 1.807) is 72.8 Å². The number of carbonyl (C=O) groups excluding carboxylic acids is 5. The molecule has 0 spiro atoms. The molecule has 1 fully saturated rings. The van der Waals surface area contributed by atoms with Crippen LogP contribution in [-0.2, 0) is 52.8 Å². The lowest BCUT2D eigenvalue weighted by molar-refractivity contribution is -0.149. The Morgan fingerprint density at radius 2 is 1.00 bits per heavy atom. The highest BCUT2D eigenvalue weighted by molar-refractivity contribution is 5.96. The number of hydrogen-bond donors (Lipinski definition) is 8. The predicted octanol–water partition coefficient (Wildman–Crippen LogP) is 1.86. The normalized spacial score (nSPS) is 17.2. The summed E-state index contributed by atoms with van der Waals surface area (Å²) in [4.78, 5) is 92.0. The molecule has 8 N–H and O–H groups in total. The number of phenols is 1. The SMILES string of the molecule is CNC(=O)[C@H](Cc1ccccc1)NC(=O)[C@H](CCC(=O)O)NC(=O)[C@H](Cc1ccccc1)NC(=O)[C@H](Cc1ccc(O)cc1)NC(=O)[C@@H]1CCCC[C@@H]1C(=O)O. The number of phenolic OH excluding ortho intramolecular Hbond substituents is 1. The highest BCUT2D eigenvalue weighted by Crippen LogP contribution is 2.30. The lowest BCUT2D eigenvalue weighted by Crippen LogP contribution is -2.59. The molecule has 0 aromatic heterocycles. The van der Waals surface area contributed by atoms with Crippen molar-refractivity contribution in [2.45, 2.75) is 82.0 Å². The van der Waals surface area contributed by atoms with Gasteiger partial charge in [0.25, 0.3) is 0 Å². The first-order valence-corrected chi connectivity index (χ1v) is 18.6. The maximum absolute atomic E-state index is 14.1. The van der Waals surface area contributed by atoms with Crippen molar-refractivity contribution in [1.29, 1.82) is 0 Å². The third-order valence-corrected chi connectivity index (χ3v) is 9.79. The van der Waals surface area contributed by atoms with Gasteiger partial charge < -0.3 is 41.9 Å². The summed E-state index contributed by atoms with van der Waals surface area (Å²) in [6.07, 6.45) is 1.06. The Balaban J connectivity index is 1.60. The van der Waals surface area contributed by atoms with Crippen molar-refractivity contribution in [2.75, 3.05) is 7.05 Å². The molecule has 0 unspecified atom stereocenters. The molecule has 298 valence electrons. The maximum Gasteiger partial charge on any atom is 0.307 e. The Hall–Kier alpha value is -6.25. The average Bonchev–Trinajstić information content (AvgIpc) is 3.19. The standard InChI is InChI=1S/C41H49N5O10/c1-42-37(51)32(22-25-10-4-2-5-11-25)45-38(52)31(20-21-35(48)49)43-39(53)34(23-26-12-6-3-7-13-26)46-40(54)33(24-27-16-18-28(47)19-17-27)44-36(50)29-14-8-9-15-30(29)41(55)56/h2-7,10-13,16-19,29-34,47H,8-9,14-15,20-24H2,1H3,(H,42,51)(H,43,53)(H,44,50)(H,45,52)(H,46,54)(H,48,49)(H,55,56)/t29-,30+,31+,32+,33+,34+/m1/s1. The van der Waals surface area contributed by atoms with Crippen LogP contribution in [0.3, 0.4) is 0 Å². The molecule has 1 aliphatic rings. The van der Waals surface area contributed by atoms with Gasteiger partial charge >= 0.3 is 11.9 Å². The van der Waals surface area contributed by atoms with Crippen molar-refractivity contribution in [3.05, 3.63) is 102 Å². The van der Waals surface area contributed by atoms with Gasteiger partial charge in [-0.1, -0.05) is 85.6 Å². The van der Waals surface area contributed by atoms with E-state index in [0.29, 0.717) is 36.8 Å². The van der Waals surface area contributed by atoms with E-state index in [9.17, 15) is 48.9 Å². The number of rotatable bonds is 19. The maximum atomic E-state index is 14.1. The largest absolute Gasteiger partial charge is 0.508 e. The number of aliphatic carboxylic acids is 2. The smallest absolute Gasteiger partial charge is 0.307 e. The fraction of sp³-hybridized carbons (Fsp3) is 0.390. The van der Waals surface area contributed by atoms with Gasteiger partial charge in [-0.2, -0.15) is 0 Å². The summed E-state index contributed by atoms with van der Waals surface area (Å²) in [7, 11) is 1.41. The first-order chi connectivity index (χ1) is 26.8. The minimum absolute atomic E-state index is 0.0203. The zero-order valence-corrected chi connectivity index (χ0v) is 31.1. The second-order valence-electron chi connectivity index (χ2n) is 13.9. The van der Waals surface area contributed by atoms with E-state index in [0.717, 1.165) is 5.56 Å². The lowest BCUT2D eigenvalue weighted by Gasteiger charge is -2.30. The van der Waals surface area contributed by atoms with Crippen molar-refractivity contribution in [3.63, 3.8) is 0 Å². The van der Waals surface area contributed by atoms with Crippen LogP contribution in [0.4, 0.5) is 0 Å². The van der Waals surface area contributed by atoms with Crippen LogP contribution in [0.25, 0.3) is 0 Å². The summed E-state index contributed by atoms with van der Waals surface area (Å²) in [5, 5.41) is 42.2. The van der Waals surface area contributed by atoms with Gasteiger partial charge in [-0.3, -0.25) is 33.6 Å². The molecule has 0 bridgehead atoms. The number of carboxylic acids is 2. The minimum Gasteiger partial charge on any atom is -0.508 e. The van der Waals surface area contributed by atoms with Crippen molar-refractivity contribution < 1.29 is 48.9 Å². The second kappa shape index (κ2) is 21.0. The molecule has 4 rings (SSSR count). The van der Waals surface area contributed by atoms with Crippen LogP contribution in [-0.4, -0.2) is 88.0 Å². The molecule has 3 aromatic rings. The molecule has 3 aromatic carbocycles. The van der Waals surface area contributed by atoms with E-state index in [1.807, 2.05) is 0 Å². The minimum atomic E-state index is -1.43. The van der Waals surface area contributed by atoms with Gasteiger partial charge in [0.2, 0.25) is 29.5 Å². The molecule has 0 aliphatic heterocycles. The molecule has 15 heteroatoms. The quantitative estimate of drug-likeness (QED) is 0.0880. The molecule has 0 heterocycles. The van der Waals surface area contributed by atoms with Crippen molar-refractivity contribution >= 4 is 41.5 Å². The molecule has 6 atom stereocenters. The van der Waals surface area contributed by atoms with Crippen LogP contribution < -0.4 is 26.6 Å². The van der Waals surface area contributed by atoms with Crippen LogP contribution in [0, 0.1) is 11.8 Å². The summed E-state index contributed by atoms with van der Waals surface area (Å²) in [6, 6.07) is 18.4. The van der Waals surface area contributed by atoms with Crippen molar-refractivity contribution in [2.24, 2.45) is 11.8 Å². The van der Waals surface area contributed by atoms with E-state index in [-0.39, 0.29) is 31.4 Å². The summed E-state index contributed by atoms with van der Waals surface area (Å²) < 4.78 is 0. The Morgan fingerprint density at radius 1 is 0.571 bits per heavy atom. The van der Waals surface area contributed by atoms with Gasteiger partial charge in [-0.25, -0.2) is 0 Å². The zero-order chi connectivity index (χ0) is 40.6. The topological polar surface area (TPSA) is 240 Å². The van der Waals surface area contributed by atoms with E-state index < -0.39 is 83.9 Å². The van der Waals surface area contributed by atoms with Gasteiger partial charge in [0.1, 0.15) is 29.9 Å². The molecule has 56 heavy (non-hydrogen) atoms. The number of hydrogen-bond acceptors (Lipinski definition) is 8. The van der Waals surface area contributed by atoms with E-state index >= 15 is 0 Å². The van der Waals surface area contributed by atoms with Crippen LogP contribution in [0.2, 0.25) is 0 Å². The van der Waals surface area contributed by atoms with Crippen LogP contribution >= 0.6 is 0 Å². The number of carboxylic acid groups (broad SMARTS) is 2. The van der Waals surface area contributed by atoms with Gasteiger partial charge in [0.15, 0.2) is 0 Å². The Kier molecular flexibility index (Phi) is 15.9. The molecular weight excluding hydrogens is 722 g/mol. The van der Waals surface area contributed by atoms with Crippen LogP contribution in [0.5, 0.6) is 5.75 Å². The fourth-order valence-electron chi connectivity index (χ4n) is 6.74. The monoisotopic (exact) mass is 771 g/mol. The molecule has 5 amide bonds. The number of amides is 5. The number of nitrogens with one attached hydrogen (secondary N) is 5. The average molecular weight is 772 g/mol. The van der Waals surface area contributed by atoms with Gasteiger partial charge in [0.05, 0.1) is 11.8 Å². The van der Waals surface area contributed by atoms with E-state index in [2.05, 4.69) is 26.6 Å². The summed E-state index contributed by atoms with van der Waals surface area (Å²) in [5.41, 5.74) is 1.93. The predicted molar refractivity (Wildman–Crippen MR) is 204 cm³/mol. The lowest BCUT2D eigenvalue weighted by atomic mass is 9.78. The van der Waals surface area contributed by atoms with E-state index in [1.165, 1.54) is 19.2 Å². The molecule has 1 saturated carbocycles. The highest BCUT2D eigenvalue weighted by Gasteiger charge is 2.38. The van der Waals surface area contributed by atoms with Crippen LogP contribution in [0.15, 0.2) is 84.9 Å². The third kappa shape index (κ3) is 13.0. The zero-order valence-electron chi connectivity index (χ0n) is 31.1. The van der Waals surface area contributed by atoms with Gasteiger partial charge in [0, 0.05) is 32.7 Å². The molecule has 0 radical (unpaired) electrons. The summed E-state index contributed by atoms with van der Waals surface area (Å²) in [6.45, 7) is 0. The van der Waals surface area contributed by atoms with E-state index in [4.69, 9.17) is 0 Å². The summed E-state index contributed by atoms with van der Waals surface area (Å²) in [5.74, 6) is -7.71. The van der Waals surface area contributed by atoms with Gasteiger partial charge in [-0.05, 0) is 48.1 Å². The second-order valence-corrected chi connectivity index (χ2v) is 13.9. The number of aromatic hydroxyl groups is 1. The van der Waals surface area contributed by atoms with Crippen molar-refractivity contribution in [1.82, 2.24) is 26.6 Å². The molecule has 15 nitrogen and oxygen atoms in total. The van der Waals surface area contributed by atoms with Crippen molar-refractivity contribution in [3.8, 4) is 5.75 Å². The third-order valence-electron chi connectivity index (χ3n) is 9.79. The first-order valence-electron chi connectivity index (χ1n) is 18.6. The summed E-state index contributed by atoms with van der Waals surface area (Å²) >= 11 is 0. The fourth-order valence-corrected chi connectivity index (χ4v) is 6.74. The molecule has 1 aliphatic carbocycles. The van der Waals surface area contributed by atoms with Gasteiger partial charge in [-0.15, -0.1) is 0 Å². The Morgan fingerprint density at radius 3 is 1.48 bits per heavy atom.